The summed E-state index contributed by atoms with van der Waals surface area (Å²) in [4.78, 5) is 18.0. The van der Waals surface area contributed by atoms with Gasteiger partial charge in [0.2, 0.25) is 0 Å². The lowest BCUT2D eigenvalue weighted by molar-refractivity contribution is -0.122. The van der Waals surface area contributed by atoms with Gasteiger partial charge in [-0.25, -0.2) is 4.98 Å². The molecule has 1 heterocycles. The topological polar surface area (TPSA) is 43.1 Å². The van der Waals surface area contributed by atoms with Gasteiger partial charge in [-0.15, -0.1) is 0 Å². The number of hydrogen-bond donors (Lipinski definition) is 0. The van der Waals surface area contributed by atoms with Crippen LogP contribution in [0.4, 0.5) is 0 Å². The summed E-state index contributed by atoms with van der Waals surface area (Å²) < 4.78 is 6.29. The normalized spacial score (nSPS) is 27.5. The molecule has 2 bridgehead atoms. The number of Topliss-reactive ketones (excluding diaryl/α,β-unsaturated/α-hetero) is 1. The second-order valence-electron chi connectivity index (χ2n) is 9.02. The highest BCUT2D eigenvalue weighted by Crippen LogP contribution is 2.67. The summed E-state index contributed by atoms with van der Waals surface area (Å²) in [5.74, 6) is 1.29. The molecule has 2 aromatic carbocycles. The van der Waals surface area contributed by atoms with Crippen molar-refractivity contribution in [2.45, 2.75) is 44.1 Å². The van der Waals surface area contributed by atoms with E-state index in [2.05, 4.69) is 20.8 Å². The van der Waals surface area contributed by atoms with E-state index < -0.39 is 0 Å². The van der Waals surface area contributed by atoms with Gasteiger partial charge in [0.15, 0.2) is 11.5 Å². The van der Waals surface area contributed by atoms with Crippen LogP contribution in [0, 0.1) is 16.7 Å². The maximum absolute atomic E-state index is 13.1. The number of hydrogen-bond acceptors (Lipinski definition) is 4. The van der Waals surface area contributed by atoms with Crippen LogP contribution in [0.5, 0.6) is 0 Å². The van der Waals surface area contributed by atoms with E-state index in [1.807, 2.05) is 60.7 Å². The standard InChI is InChI=1S/C25H25NO2S/c1-24(2)18-14-15-25(24,3)22(20(18)27)29-23-26-19(16-10-6-4-7-11-16)21(28-23)17-12-8-5-9-13-17/h4-13,18,22H,14-15H2,1-3H3/t18-,22+,25+/m0/s1. The monoisotopic (exact) mass is 403 g/mol. The largest absolute Gasteiger partial charge is 0.431 e. The predicted octanol–water partition coefficient (Wildman–Crippen LogP) is 6.49. The third-order valence-electron chi connectivity index (χ3n) is 7.39. The Morgan fingerprint density at radius 3 is 2.17 bits per heavy atom. The molecule has 3 aromatic rings. The fraction of sp³-hybridized carbons (Fsp3) is 0.360. The number of rotatable bonds is 4. The minimum Gasteiger partial charge on any atom is -0.431 e. The second kappa shape index (κ2) is 6.60. The first kappa shape index (κ1) is 18.7. The molecule has 4 heteroatoms. The Morgan fingerprint density at radius 2 is 1.59 bits per heavy atom. The van der Waals surface area contributed by atoms with Gasteiger partial charge < -0.3 is 4.42 Å². The van der Waals surface area contributed by atoms with Crippen LogP contribution >= 0.6 is 11.8 Å². The van der Waals surface area contributed by atoms with Crippen LogP contribution in [0.25, 0.3) is 22.6 Å². The first-order valence-corrected chi connectivity index (χ1v) is 11.1. The average Bonchev–Trinajstić information content (AvgIpc) is 3.29. The third-order valence-corrected chi connectivity index (χ3v) is 8.75. The molecule has 0 radical (unpaired) electrons. The molecule has 5 rings (SSSR count). The molecule has 0 saturated heterocycles. The summed E-state index contributed by atoms with van der Waals surface area (Å²) in [5.41, 5.74) is 2.86. The minimum atomic E-state index is -0.0952. The molecule has 0 N–H and O–H groups in total. The molecule has 29 heavy (non-hydrogen) atoms. The van der Waals surface area contributed by atoms with Gasteiger partial charge >= 0.3 is 0 Å². The number of carbonyl (C=O) groups excluding carboxylic acids is 1. The van der Waals surface area contributed by atoms with Crippen molar-refractivity contribution in [1.82, 2.24) is 4.98 Å². The molecule has 3 atom stereocenters. The van der Waals surface area contributed by atoms with Gasteiger partial charge in [-0.2, -0.15) is 0 Å². The van der Waals surface area contributed by atoms with Crippen molar-refractivity contribution in [2.75, 3.05) is 0 Å². The van der Waals surface area contributed by atoms with Crippen molar-refractivity contribution in [3.8, 4) is 22.6 Å². The molecule has 3 nitrogen and oxygen atoms in total. The summed E-state index contributed by atoms with van der Waals surface area (Å²) in [6, 6.07) is 20.2. The fourth-order valence-corrected chi connectivity index (χ4v) is 6.64. The second-order valence-corrected chi connectivity index (χ2v) is 10.1. The van der Waals surface area contributed by atoms with Gasteiger partial charge in [-0.05, 0) is 23.7 Å². The van der Waals surface area contributed by atoms with Crippen LogP contribution in [0.15, 0.2) is 70.3 Å². The fourth-order valence-electron chi connectivity index (χ4n) is 5.21. The highest BCUT2D eigenvalue weighted by atomic mass is 32.2. The highest BCUT2D eigenvalue weighted by Gasteiger charge is 2.66. The molecule has 2 aliphatic carbocycles. The predicted molar refractivity (Wildman–Crippen MR) is 117 cm³/mol. The molecule has 0 unspecified atom stereocenters. The molecule has 0 aliphatic heterocycles. The zero-order valence-corrected chi connectivity index (χ0v) is 17.8. The first-order chi connectivity index (χ1) is 13.9. The van der Waals surface area contributed by atoms with E-state index in [-0.39, 0.29) is 22.0 Å². The van der Waals surface area contributed by atoms with E-state index in [1.165, 1.54) is 11.8 Å². The van der Waals surface area contributed by atoms with Crippen molar-refractivity contribution in [2.24, 2.45) is 16.7 Å². The number of aromatic nitrogens is 1. The summed E-state index contributed by atoms with van der Waals surface area (Å²) in [6.45, 7) is 6.78. The number of ketones is 1. The summed E-state index contributed by atoms with van der Waals surface area (Å²) in [5, 5.41) is 0.493. The van der Waals surface area contributed by atoms with Gasteiger partial charge in [0.25, 0.3) is 5.22 Å². The lowest BCUT2D eigenvalue weighted by Gasteiger charge is -2.37. The van der Waals surface area contributed by atoms with Crippen molar-refractivity contribution < 1.29 is 9.21 Å². The Labute approximate surface area is 175 Å². The van der Waals surface area contributed by atoms with E-state index in [4.69, 9.17) is 9.40 Å². The number of benzene rings is 2. The lowest BCUT2D eigenvalue weighted by atomic mass is 9.71. The summed E-state index contributed by atoms with van der Waals surface area (Å²) in [6.07, 6.45) is 2.10. The van der Waals surface area contributed by atoms with Crippen molar-refractivity contribution >= 4 is 17.5 Å². The number of nitrogens with zero attached hydrogens (tertiary/aromatic N) is 1. The third kappa shape index (κ3) is 2.72. The molecule has 0 amide bonds. The van der Waals surface area contributed by atoms with Crippen LogP contribution < -0.4 is 0 Å². The van der Waals surface area contributed by atoms with Gasteiger partial charge in [0.1, 0.15) is 5.69 Å². The highest BCUT2D eigenvalue weighted by molar-refractivity contribution is 8.00. The van der Waals surface area contributed by atoms with Crippen LogP contribution in [0.2, 0.25) is 0 Å². The average molecular weight is 404 g/mol. The van der Waals surface area contributed by atoms with Crippen LogP contribution in [-0.2, 0) is 4.79 Å². The van der Waals surface area contributed by atoms with Crippen LogP contribution in [0.1, 0.15) is 33.6 Å². The van der Waals surface area contributed by atoms with Crippen molar-refractivity contribution in [1.29, 1.82) is 0 Å². The van der Waals surface area contributed by atoms with Crippen LogP contribution in [0.3, 0.4) is 0 Å². The number of thioether (sulfide) groups is 1. The van der Waals surface area contributed by atoms with E-state index in [0.717, 1.165) is 35.4 Å². The van der Waals surface area contributed by atoms with E-state index in [0.29, 0.717) is 11.0 Å². The Bertz CT molecular complexity index is 1000. The van der Waals surface area contributed by atoms with Crippen molar-refractivity contribution in [3.63, 3.8) is 0 Å². The van der Waals surface area contributed by atoms with Gasteiger partial charge in [-0.3, -0.25) is 4.79 Å². The smallest absolute Gasteiger partial charge is 0.257 e. The van der Waals surface area contributed by atoms with Crippen LogP contribution in [-0.4, -0.2) is 16.0 Å². The number of fused-ring (bicyclic) bond motifs is 2. The maximum atomic E-state index is 13.1. The molecule has 148 valence electrons. The molecule has 2 saturated carbocycles. The molecule has 2 fully saturated rings. The van der Waals surface area contributed by atoms with Gasteiger partial charge in [0, 0.05) is 17.0 Å². The molecule has 2 aliphatic rings. The van der Waals surface area contributed by atoms with E-state index >= 15 is 0 Å². The Hall–Kier alpha value is -2.33. The lowest BCUT2D eigenvalue weighted by Crippen LogP contribution is -2.35. The quantitative estimate of drug-likeness (QED) is 0.499. The van der Waals surface area contributed by atoms with E-state index in [1.54, 1.807) is 0 Å². The number of carbonyl (C=O) groups is 1. The van der Waals surface area contributed by atoms with E-state index in [9.17, 15) is 4.79 Å². The zero-order chi connectivity index (χ0) is 20.2. The minimum absolute atomic E-state index is 0.0201. The summed E-state index contributed by atoms with van der Waals surface area (Å²) >= 11 is 1.52. The molecular weight excluding hydrogens is 378 g/mol. The van der Waals surface area contributed by atoms with Crippen molar-refractivity contribution in [3.05, 3.63) is 60.7 Å². The number of oxazole rings is 1. The maximum Gasteiger partial charge on any atom is 0.257 e. The summed E-state index contributed by atoms with van der Waals surface area (Å²) in [7, 11) is 0. The van der Waals surface area contributed by atoms with Gasteiger partial charge in [-0.1, -0.05) is 93.2 Å². The first-order valence-electron chi connectivity index (χ1n) is 10.2. The Kier molecular flexibility index (Phi) is 4.25. The molecule has 1 aromatic heterocycles. The van der Waals surface area contributed by atoms with Gasteiger partial charge in [0.05, 0.1) is 5.25 Å². The Balaban J connectivity index is 1.56. The zero-order valence-electron chi connectivity index (χ0n) is 17.0. The SMILES string of the molecule is CC1(C)[C@H]2CC[C@]1(C)[C@H](Sc1nc(-c3ccccc3)c(-c3ccccc3)o1)C2=O. The Morgan fingerprint density at radius 1 is 0.966 bits per heavy atom. The molecule has 0 spiro atoms. The molecular formula is C25H25NO2S.